The third kappa shape index (κ3) is 4.59. The van der Waals surface area contributed by atoms with Gasteiger partial charge >= 0.3 is 0 Å². The molecule has 0 bridgehead atoms. The van der Waals surface area contributed by atoms with Gasteiger partial charge < -0.3 is 0 Å². The lowest BCUT2D eigenvalue weighted by atomic mass is 10.2. The fraction of sp³-hybridized carbons (Fsp3) is 0.167. The molecule has 5 nitrogen and oxygen atoms in total. The van der Waals surface area contributed by atoms with Crippen molar-refractivity contribution in [3.05, 3.63) is 42.0 Å². The Hall–Kier alpha value is -2.66. The molecule has 0 fully saturated rings. The first-order valence-corrected chi connectivity index (χ1v) is 4.99. The predicted octanol–water partition coefficient (Wildman–Crippen LogP) is 2.83. The molecule has 0 spiro atoms. The summed E-state index contributed by atoms with van der Waals surface area (Å²) in [7, 11) is 0. The summed E-state index contributed by atoms with van der Waals surface area (Å²) in [6, 6.07) is 12.6. The number of nitrogens with zero attached hydrogens (tertiary/aromatic N) is 4. The van der Waals surface area contributed by atoms with Gasteiger partial charge in [-0.15, -0.1) is 0 Å². The van der Waals surface area contributed by atoms with Crippen LogP contribution in [0.25, 0.3) is 0 Å². The topological polar surface area (TPSA) is 84.3 Å². The van der Waals surface area contributed by atoms with Gasteiger partial charge in [0.25, 0.3) is 0 Å². The summed E-state index contributed by atoms with van der Waals surface area (Å²) in [6.45, 7) is 1.74. The summed E-state index contributed by atoms with van der Waals surface area (Å²) >= 11 is 0. The minimum Gasteiger partial charge on any atom is -0.260 e. The van der Waals surface area contributed by atoms with Gasteiger partial charge in [0, 0.05) is 0 Å². The summed E-state index contributed by atoms with van der Waals surface area (Å²) < 4.78 is 0. The van der Waals surface area contributed by atoms with E-state index < -0.39 is 0 Å². The van der Waals surface area contributed by atoms with E-state index in [1.807, 2.05) is 30.3 Å². The van der Waals surface area contributed by atoms with Gasteiger partial charge in [-0.25, -0.2) is 0 Å². The van der Waals surface area contributed by atoms with Gasteiger partial charge in [-0.3, -0.25) is 5.43 Å². The van der Waals surface area contributed by atoms with Crippen LogP contribution in [0, 0.1) is 22.7 Å². The molecule has 5 heteroatoms. The van der Waals surface area contributed by atoms with Crippen LogP contribution in [0.15, 0.2) is 52.3 Å². The lowest BCUT2D eigenvalue weighted by molar-refractivity contribution is 0.829. The van der Waals surface area contributed by atoms with Gasteiger partial charge in [0.05, 0.1) is 11.7 Å². The van der Waals surface area contributed by atoms with Gasteiger partial charge in [0.15, 0.2) is 0 Å². The Morgan fingerprint density at radius 2 is 1.94 bits per heavy atom. The third-order valence-corrected chi connectivity index (χ3v) is 1.84. The van der Waals surface area contributed by atoms with Crippen LogP contribution in [0.5, 0.6) is 0 Å². The number of para-hydroxylation sites is 1. The molecule has 1 unspecified atom stereocenters. The zero-order valence-corrected chi connectivity index (χ0v) is 9.33. The molecule has 0 aliphatic heterocycles. The van der Waals surface area contributed by atoms with Crippen molar-refractivity contribution in [2.75, 3.05) is 5.43 Å². The molecule has 0 amide bonds. The highest BCUT2D eigenvalue weighted by atomic mass is 15.4. The van der Waals surface area contributed by atoms with Crippen LogP contribution >= 0.6 is 0 Å². The SMILES string of the molecule is CC(C=C(C#N)C#N)N=NNc1ccccc1. The van der Waals surface area contributed by atoms with Gasteiger partial charge in [-0.2, -0.15) is 15.6 Å². The van der Waals surface area contributed by atoms with Crippen molar-refractivity contribution < 1.29 is 0 Å². The summed E-state index contributed by atoms with van der Waals surface area (Å²) in [6.07, 6.45) is 1.45. The van der Waals surface area contributed by atoms with Crippen LogP contribution in [0.3, 0.4) is 0 Å². The van der Waals surface area contributed by atoms with Crippen molar-refractivity contribution in [3.8, 4) is 12.1 Å². The molecule has 0 aliphatic carbocycles. The van der Waals surface area contributed by atoms with Crippen molar-refractivity contribution >= 4 is 5.69 Å². The average molecular weight is 225 g/mol. The molecular formula is C12H11N5. The highest BCUT2D eigenvalue weighted by Gasteiger charge is 1.98. The molecule has 0 radical (unpaired) electrons. The molecule has 1 atom stereocenters. The Morgan fingerprint density at radius 1 is 1.29 bits per heavy atom. The smallest absolute Gasteiger partial charge is 0.127 e. The first kappa shape index (κ1) is 12.4. The molecule has 0 heterocycles. The second kappa shape index (κ2) is 6.76. The van der Waals surface area contributed by atoms with E-state index in [9.17, 15) is 0 Å². The molecular weight excluding hydrogens is 214 g/mol. The van der Waals surface area contributed by atoms with E-state index in [2.05, 4.69) is 15.8 Å². The van der Waals surface area contributed by atoms with Crippen LogP contribution in [0.1, 0.15) is 6.92 Å². The number of rotatable bonds is 4. The Kier molecular flexibility index (Phi) is 4.93. The Bertz CT molecular complexity index is 474. The number of allylic oxidation sites excluding steroid dienone is 1. The van der Waals surface area contributed by atoms with E-state index in [1.165, 1.54) is 6.08 Å². The van der Waals surface area contributed by atoms with Crippen LogP contribution < -0.4 is 5.43 Å². The van der Waals surface area contributed by atoms with Gasteiger partial charge in [-0.05, 0) is 25.1 Å². The highest BCUT2D eigenvalue weighted by Crippen LogP contribution is 2.05. The Labute approximate surface area is 99.7 Å². The lowest BCUT2D eigenvalue weighted by Crippen LogP contribution is -1.95. The van der Waals surface area contributed by atoms with Crippen molar-refractivity contribution in [3.63, 3.8) is 0 Å². The molecule has 0 saturated carbocycles. The molecule has 1 N–H and O–H groups in total. The van der Waals surface area contributed by atoms with Crippen LogP contribution in [-0.4, -0.2) is 6.04 Å². The predicted molar refractivity (Wildman–Crippen MR) is 63.7 cm³/mol. The molecule has 0 aromatic heterocycles. The van der Waals surface area contributed by atoms with E-state index in [0.717, 1.165) is 5.69 Å². The fourth-order valence-corrected chi connectivity index (χ4v) is 1.06. The number of benzene rings is 1. The summed E-state index contributed by atoms with van der Waals surface area (Å²) in [5.41, 5.74) is 3.61. The van der Waals surface area contributed by atoms with Crippen molar-refractivity contribution in [1.29, 1.82) is 10.5 Å². The molecule has 0 saturated heterocycles. The second-order valence-corrected chi connectivity index (χ2v) is 3.24. The van der Waals surface area contributed by atoms with Crippen molar-refractivity contribution in [1.82, 2.24) is 0 Å². The maximum Gasteiger partial charge on any atom is 0.127 e. The minimum absolute atomic E-state index is 0.0381. The number of nitriles is 2. The number of hydrogen-bond donors (Lipinski definition) is 1. The Morgan fingerprint density at radius 3 is 2.53 bits per heavy atom. The monoisotopic (exact) mass is 225 g/mol. The van der Waals surface area contributed by atoms with Crippen LogP contribution in [0.2, 0.25) is 0 Å². The minimum atomic E-state index is -0.319. The fourth-order valence-electron chi connectivity index (χ4n) is 1.06. The first-order valence-electron chi connectivity index (χ1n) is 4.99. The normalized spacial score (nSPS) is 11.2. The summed E-state index contributed by atoms with van der Waals surface area (Å²) in [4.78, 5) is 0. The zero-order chi connectivity index (χ0) is 12.5. The van der Waals surface area contributed by atoms with Gasteiger partial charge in [0.2, 0.25) is 0 Å². The first-order chi connectivity index (χ1) is 8.26. The largest absolute Gasteiger partial charge is 0.260 e. The van der Waals surface area contributed by atoms with Crippen LogP contribution in [0.4, 0.5) is 5.69 Å². The van der Waals surface area contributed by atoms with Crippen molar-refractivity contribution in [2.45, 2.75) is 13.0 Å². The van der Waals surface area contributed by atoms with E-state index in [-0.39, 0.29) is 11.6 Å². The summed E-state index contributed by atoms with van der Waals surface area (Å²) in [5, 5.41) is 24.8. The highest BCUT2D eigenvalue weighted by molar-refractivity contribution is 5.41. The summed E-state index contributed by atoms with van der Waals surface area (Å²) in [5.74, 6) is 0. The van der Waals surface area contributed by atoms with E-state index in [0.29, 0.717) is 0 Å². The van der Waals surface area contributed by atoms with E-state index in [4.69, 9.17) is 10.5 Å². The Balaban J connectivity index is 2.53. The van der Waals surface area contributed by atoms with E-state index >= 15 is 0 Å². The van der Waals surface area contributed by atoms with Crippen molar-refractivity contribution in [2.24, 2.45) is 10.3 Å². The third-order valence-electron chi connectivity index (χ3n) is 1.84. The van der Waals surface area contributed by atoms with Gasteiger partial charge in [0.1, 0.15) is 17.7 Å². The standard InChI is InChI=1S/C12H11N5/c1-10(7-11(8-13)9-14)15-17-16-12-5-3-2-4-6-12/h2-7,10H,1H3,(H,15,16). The zero-order valence-electron chi connectivity index (χ0n) is 9.33. The van der Waals surface area contributed by atoms with Crippen LogP contribution in [-0.2, 0) is 0 Å². The molecule has 84 valence electrons. The molecule has 17 heavy (non-hydrogen) atoms. The molecule has 1 aromatic rings. The maximum absolute atomic E-state index is 8.55. The van der Waals surface area contributed by atoms with E-state index in [1.54, 1.807) is 19.1 Å². The average Bonchev–Trinajstić information content (AvgIpc) is 2.37. The number of nitrogens with one attached hydrogen (secondary N) is 1. The quantitative estimate of drug-likeness (QED) is 0.485. The van der Waals surface area contributed by atoms with Gasteiger partial charge in [-0.1, -0.05) is 23.4 Å². The number of anilines is 1. The molecule has 0 aliphatic rings. The lowest BCUT2D eigenvalue weighted by Gasteiger charge is -1.99. The molecule has 1 aromatic carbocycles. The number of hydrogen-bond acceptors (Lipinski definition) is 4. The molecule has 1 rings (SSSR count). The maximum atomic E-state index is 8.55. The second-order valence-electron chi connectivity index (χ2n) is 3.24.